The number of ketones is 1. The van der Waals surface area contributed by atoms with E-state index in [1.54, 1.807) is 14.2 Å². The summed E-state index contributed by atoms with van der Waals surface area (Å²) >= 11 is 1.35. The van der Waals surface area contributed by atoms with Crippen molar-refractivity contribution in [3.05, 3.63) is 4.88 Å². The van der Waals surface area contributed by atoms with E-state index < -0.39 is 0 Å². The zero-order valence-electron chi connectivity index (χ0n) is 11.9. The van der Waals surface area contributed by atoms with Crippen molar-refractivity contribution in [2.24, 2.45) is 0 Å². The summed E-state index contributed by atoms with van der Waals surface area (Å²) in [5.41, 5.74) is 6.40. The molecule has 5 nitrogen and oxygen atoms in total. The second kappa shape index (κ2) is 7.35. The van der Waals surface area contributed by atoms with E-state index in [0.717, 1.165) is 11.4 Å². The molecule has 1 rings (SSSR count). The molecule has 6 heteroatoms. The van der Waals surface area contributed by atoms with Gasteiger partial charge in [-0.25, -0.2) is 0 Å². The van der Waals surface area contributed by atoms with E-state index in [-0.39, 0.29) is 11.8 Å². The third kappa shape index (κ3) is 3.61. The summed E-state index contributed by atoms with van der Waals surface area (Å²) in [6, 6.07) is 0.168. The second-order valence-electron chi connectivity index (χ2n) is 4.19. The molecule has 3 N–H and O–H groups in total. The molecule has 1 atom stereocenters. The minimum absolute atomic E-state index is 0.0358. The van der Waals surface area contributed by atoms with Crippen LogP contribution in [0.4, 0.5) is 10.7 Å². The molecule has 0 amide bonds. The van der Waals surface area contributed by atoms with Crippen LogP contribution in [0.25, 0.3) is 0 Å². The van der Waals surface area contributed by atoms with Crippen molar-refractivity contribution in [2.75, 3.05) is 31.9 Å². The highest BCUT2D eigenvalue weighted by molar-refractivity contribution is 7.19. The third-order valence-electron chi connectivity index (χ3n) is 2.87. The molecular formula is C13H22N2O3S. The molecule has 0 spiro atoms. The maximum atomic E-state index is 11.8. The fourth-order valence-corrected chi connectivity index (χ4v) is 2.92. The van der Waals surface area contributed by atoms with Gasteiger partial charge in [-0.15, -0.1) is 11.3 Å². The van der Waals surface area contributed by atoms with Crippen molar-refractivity contribution < 1.29 is 14.3 Å². The summed E-state index contributed by atoms with van der Waals surface area (Å²) in [4.78, 5) is 12.4. The van der Waals surface area contributed by atoms with Crippen LogP contribution in [0, 0.1) is 0 Å². The summed E-state index contributed by atoms with van der Waals surface area (Å²) in [7, 11) is 3.22. The summed E-state index contributed by atoms with van der Waals surface area (Å²) in [5, 5.41) is 4.12. The number of carbonyl (C=O) groups is 1. The quantitative estimate of drug-likeness (QED) is 0.719. The van der Waals surface area contributed by atoms with E-state index >= 15 is 0 Å². The molecule has 1 aromatic rings. The van der Waals surface area contributed by atoms with Crippen molar-refractivity contribution >= 4 is 27.8 Å². The van der Waals surface area contributed by atoms with Crippen LogP contribution in [0.5, 0.6) is 5.75 Å². The number of thiophene rings is 1. The maximum absolute atomic E-state index is 11.8. The smallest absolute Gasteiger partial charge is 0.176 e. The zero-order valence-corrected chi connectivity index (χ0v) is 12.7. The Labute approximate surface area is 118 Å². The summed E-state index contributed by atoms with van der Waals surface area (Å²) in [6.07, 6.45) is 1.34. The molecule has 0 saturated heterocycles. The zero-order chi connectivity index (χ0) is 14.4. The third-order valence-corrected chi connectivity index (χ3v) is 4.03. The molecular weight excluding hydrogens is 264 g/mol. The number of nitrogen functional groups attached to an aromatic ring is 1. The molecule has 0 aliphatic rings. The van der Waals surface area contributed by atoms with Crippen molar-refractivity contribution in [1.29, 1.82) is 0 Å². The van der Waals surface area contributed by atoms with Gasteiger partial charge in [0.15, 0.2) is 11.5 Å². The molecule has 0 saturated carbocycles. The van der Waals surface area contributed by atoms with Crippen molar-refractivity contribution in [1.82, 2.24) is 0 Å². The Kier molecular flexibility index (Phi) is 6.11. The number of nitrogens with two attached hydrogens (primary N) is 1. The summed E-state index contributed by atoms with van der Waals surface area (Å²) in [6.45, 7) is 4.48. The Morgan fingerprint density at radius 3 is 2.58 bits per heavy atom. The number of ether oxygens (including phenoxy) is 2. The lowest BCUT2D eigenvalue weighted by molar-refractivity contribution is 0.0992. The fourth-order valence-electron chi connectivity index (χ4n) is 1.74. The van der Waals surface area contributed by atoms with Gasteiger partial charge in [-0.1, -0.05) is 13.8 Å². The number of carbonyl (C=O) groups excluding carboxylic acids is 1. The molecule has 0 fully saturated rings. The van der Waals surface area contributed by atoms with Gasteiger partial charge in [-0.05, 0) is 6.42 Å². The van der Waals surface area contributed by atoms with Gasteiger partial charge in [0, 0.05) is 13.5 Å². The van der Waals surface area contributed by atoms with Gasteiger partial charge in [0.1, 0.15) is 5.00 Å². The first-order valence-corrected chi connectivity index (χ1v) is 7.15. The standard InChI is InChI=1S/C13H22N2O3S/c1-5-8(7-17-3)15-13-11(18-4)10(14)12(19-13)9(16)6-2/h8,15H,5-7,14H2,1-4H3. The minimum atomic E-state index is 0.0358. The van der Waals surface area contributed by atoms with E-state index in [1.807, 2.05) is 6.92 Å². The van der Waals surface area contributed by atoms with Crippen LogP contribution in [-0.2, 0) is 4.74 Å². The highest BCUT2D eigenvalue weighted by atomic mass is 32.1. The normalized spacial score (nSPS) is 12.2. The molecule has 0 aliphatic carbocycles. The highest BCUT2D eigenvalue weighted by Gasteiger charge is 2.22. The Hall–Kier alpha value is -1.27. The molecule has 0 aliphatic heterocycles. The molecule has 0 radical (unpaired) electrons. The predicted molar refractivity (Wildman–Crippen MR) is 79.5 cm³/mol. The molecule has 1 heterocycles. The monoisotopic (exact) mass is 286 g/mol. The molecule has 1 aromatic heterocycles. The largest absolute Gasteiger partial charge is 0.492 e. The Morgan fingerprint density at radius 1 is 1.42 bits per heavy atom. The number of Topliss-reactive ketones (excluding diaryl/α,β-unsaturated/α-hetero) is 1. The van der Waals surface area contributed by atoms with Crippen LogP contribution in [0.3, 0.4) is 0 Å². The summed E-state index contributed by atoms with van der Waals surface area (Å²) in [5.74, 6) is 0.588. The lowest BCUT2D eigenvalue weighted by atomic mass is 10.2. The molecule has 19 heavy (non-hydrogen) atoms. The maximum Gasteiger partial charge on any atom is 0.176 e. The van der Waals surface area contributed by atoms with Gasteiger partial charge in [-0.2, -0.15) is 0 Å². The van der Waals surface area contributed by atoms with E-state index in [4.69, 9.17) is 15.2 Å². The van der Waals surface area contributed by atoms with Crippen LogP contribution >= 0.6 is 11.3 Å². The number of nitrogens with one attached hydrogen (secondary N) is 1. The van der Waals surface area contributed by atoms with Gasteiger partial charge < -0.3 is 20.5 Å². The van der Waals surface area contributed by atoms with Crippen LogP contribution < -0.4 is 15.8 Å². The Balaban J connectivity index is 3.03. The average molecular weight is 286 g/mol. The molecule has 108 valence electrons. The van der Waals surface area contributed by atoms with E-state index in [1.165, 1.54) is 11.3 Å². The lowest BCUT2D eigenvalue weighted by Gasteiger charge is -2.16. The predicted octanol–water partition coefficient (Wildman–Crippen LogP) is 2.77. The lowest BCUT2D eigenvalue weighted by Crippen LogP contribution is -2.23. The van der Waals surface area contributed by atoms with Gasteiger partial charge >= 0.3 is 0 Å². The molecule has 1 unspecified atom stereocenters. The first kappa shape index (κ1) is 15.8. The number of methoxy groups -OCH3 is 2. The molecule has 0 bridgehead atoms. The number of hydrogen-bond donors (Lipinski definition) is 2. The molecule has 0 aromatic carbocycles. The van der Waals surface area contributed by atoms with E-state index in [2.05, 4.69) is 12.2 Å². The topological polar surface area (TPSA) is 73.6 Å². The SMILES string of the molecule is CCC(=O)c1sc(NC(CC)COC)c(OC)c1N. The fraction of sp³-hybridized carbons (Fsp3) is 0.615. The Bertz CT molecular complexity index is 432. The Morgan fingerprint density at radius 2 is 2.11 bits per heavy atom. The van der Waals surface area contributed by atoms with Gasteiger partial charge in [0.25, 0.3) is 0 Å². The van der Waals surface area contributed by atoms with Gasteiger partial charge in [0.05, 0.1) is 30.3 Å². The van der Waals surface area contributed by atoms with Crippen LogP contribution in [0.15, 0.2) is 0 Å². The van der Waals surface area contributed by atoms with Crippen molar-refractivity contribution in [2.45, 2.75) is 32.7 Å². The first-order valence-electron chi connectivity index (χ1n) is 6.33. The van der Waals surface area contributed by atoms with E-state index in [0.29, 0.717) is 29.3 Å². The number of hydrogen-bond acceptors (Lipinski definition) is 6. The van der Waals surface area contributed by atoms with Crippen molar-refractivity contribution in [3.8, 4) is 5.75 Å². The average Bonchev–Trinajstić information content (AvgIpc) is 2.73. The number of anilines is 2. The first-order chi connectivity index (χ1) is 9.08. The second-order valence-corrected chi connectivity index (χ2v) is 5.21. The van der Waals surface area contributed by atoms with Gasteiger partial charge in [0.2, 0.25) is 0 Å². The summed E-state index contributed by atoms with van der Waals surface area (Å²) < 4.78 is 10.5. The van der Waals surface area contributed by atoms with E-state index in [9.17, 15) is 4.79 Å². The van der Waals surface area contributed by atoms with Crippen molar-refractivity contribution in [3.63, 3.8) is 0 Å². The highest BCUT2D eigenvalue weighted by Crippen LogP contribution is 2.43. The van der Waals surface area contributed by atoms with Gasteiger partial charge in [-0.3, -0.25) is 4.79 Å². The minimum Gasteiger partial charge on any atom is -0.492 e. The van der Waals surface area contributed by atoms with Crippen LogP contribution in [0.2, 0.25) is 0 Å². The van der Waals surface area contributed by atoms with Crippen LogP contribution in [0.1, 0.15) is 36.4 Å². The van der Waals surface area contributed by atoms with Crippen LogP contribution in [-0.4, -0.2) is 32.7 Å². The number of rotatable bonds is 8.